The molecular formula is C17H19BrN2O2S. The van der Waals surface area contributed by atoms with Crippen molar-refractivity contribution in [2.45, 2.75) is 25.8 Å². The average molecular weight is 395 g/mol. The molecule has 1 fully saturated rings. The van der Waals surface area contributed by atoms with E-state index in [2.05, 4.69) is 50.9 Å². The van der Waals surface area contributed by atoms with Crippen molar-refractivity contribution in [3.63, 3.8) is 0 Å². The summed E-state index contributed by atoms with van der Waals surface area (Å²) >= 11 is 5.25. The average Bonchev–Trinajstić information content (AvgIpc) is 2.96. The highest BCUT2D eigenvalue weighted by Crippen LogP contribution is 2.38. The van der Waals surface area contributed by atoms with E-state index >= 15 is 0 Å². The van der Waals surface area contributed by atoms with Gasteiger partial charge in [0.25, 0.3) is 0 Å². The van der Waals surface area contributed by atoms with Crippen LogP contribution in [-0.4, -0.2) is 34.0 Å². The van der Waals surface area contributed by atoms with Crippen LogP contribution in [0.15, 0.2) is 34.4 Å². The molecule has 3 heterocycles. The Bertz CT molecular complexity index is 703. The first kappa shape index (κ1) is 16.6. The molecule has 4 nitrogen and oxygen atoms in total. The number of aliphatic carboxylic acids is 1. The first-order chi connectivity index (χ1) is 11.1. The number of carboxylic acids is 1. The fourth-order valence-electron chi connectivity index (χ4n) is 3.24. The van der Waals surface area contributed by atoms with E-state index in [-0.39, 0.29) is 12.0 Å². The molecule has 1 aliphatic heterocycles. The number of rotatable bonds is 4. The Kier molecular flexibility index (Phi) is 5.14. The number of pyridine rings is 1. The molecule has 6 heteroatoms. The molecule has 1 N–H and O–H groups in total. The van der Waals surface area contributed by atoms with E-state index in [4.69, 9.17) is 0 Å². The molecule has 0 saturated carbocycles. The number of carbonyl (C=O) groups is 1. The predicted octanol–water partition coefficient (Wildman–Crippen LogP) is 4.10. The fourth-order valence-corrected chi connectivity index (χ4v) is 4.82. The molecule has 122 valence electrons. The highest BCUT2D eigenvalue weighted by molar-refractivity contribution is 9.11. The molecule has 0 amide bonds. The van der Waals surface area contributed by atoms with Crippen LogP contribution in [0.3, 0.4) is 0 Å². The van der Waals surface area contributed by atoms with E-state index < -0.39 is 5.97 Å². The Morgan fingerprint density at radius 1 is 1.48 bits per heavy atom. The normalized spacial score (nSPS) is 20.3. The Hall–Kier alpha value is -1.24. The standard InChI is InChI=1S/C17H19BrN2O2S/c1-11-9-19-7-6-13(11)16(14-4-5-15(18)23-14)20-8-2-3-12(10-20)17(21)22/h4-7,9,12,16H,2-3,8,10H2,1H3,(H,21,22). The smallest absolute Gasteiger partial charge is 0.307 e. The lowest BCUT2D eigenvalue weighted by Gasteiger charge is -2.37. The van der Waals surface area contributed by atoms with E-state index in [1.807, 2.05) is 12.4 Å². The number of nitrogens with zero attached hydrogens (tertiary/aromatic N) is 2. The highest BCUT2D eigenvalue weighted by atomic mass is 79.9. The third-order valence-electron chi connectivity index (χ3n) is 4.39. The van der Waals surface area contributed by atoms with Crippen molar-refractivity contribution in [3.05, 3.63) is 50.4 Å². The highest BCUT2D eigenvalue weighted by Gasteiger charge is 2.32. The van der Waals surface area contributed by atoms with Gasteiger partial charge < -0.3 is 5.11 Å². The summed E-state index contributed by atoms with van der Waals surface area (Å²) in [6.45, 7) is 3.58. The van der Waals surface area contributed by atoms with Gasteiger partial charge in [0.05, 0.1) is 15.7 Å². The minimum Gasteiger partial charge on any atom is -0.481 e. The van der Waals surface area contributed by atoms with Crippen molar-refractivity contribution in [1.82, 2.24) is 9.88 Å². The summed E-state index contributed by atoms with van der Waals surface area (Å²) in [5.41, 5.74) is 2.35. The zero-order valence-electron chi connectivity index (χ0n) is 12.9. The summed E-state index contributed by atoms with van der Waals surface area (Å²) in [5, 5.41) is 9.40. The van der Waals surface area contributed by atoms with E-state index in [1.54, 1.807) is 11.3 Å². The topological polar surface area (TPSA) is 53.4 Å². The summed E-state index contributed by atoms with van der Waals surface area (Å²) in [5.74, 6) is -0.968. The van der Waals surface area contributed by atoms with Crippen molar-refractivity contribution in [3.8, 4) is 0 Å². The summed E-state index contributed by atoms with van der Waals surface area (Å²) < 4.78 is 1.09. The summed E-state index contributed by atoms with van der Waals surface area (Å²) in [7, 11) is 0. The molecule has 1 saturated heterocycles. The zero-order chi connectivity index (χ0) is 16.4. The Morgan fingerprint density at radius 2 is 2.30 bits per heavy atom. The van der Waals surface area contributed by atoms with Gasteiger partial charge in [-0.1, -0.05) is 0 Å². The number of aryl methyl sites for hydroxylation is 1. The van der Waals surface area contributed by atoms with Crippen LogP contribution in [0.2, 0.25) is 0 Å². The van der Waals surface area contributed by atoms with Gasteiger partial charge in [-0.05, 0) is 71.6 Å². The number of hydrogen-bond acceptors (Lipinski definition) is 4. The summed E-state index contributed by atoms with van der Waals surface area (Å²) in [4.78, 5) is 19.2. The van der Waals surface area contributed by atoms with Gasteiger partial charge in [-0.25, -0.2) is 0 Å². The Labute approximate surface area is 148 Å². The van der Waals surface area contributed by atoms with Crippen molar-refractivity contribution in [2.75, 3.05) is 13.1 Å². The van der Waals surface area contributed by atoms with Crippen molar-refractivity contribution in [2.24, 2.45) is 5.92 Å². The number of thiophene rings is 1. The molecule has 1 aliphatic rings. The molecule has 0 bridgehead atoms. The van der Waals surface area contributed by atoms with Crippen molar-refractivity contribution < 1.29 is 9.90 Å². The van der Waals surface area contributed by atoms with Crippen LogP contribution >= 0.6 is 27.3 Å². The van der Waals surface area contributed by atoms with E-state index in [1.165, 1.54) is 10.4 Å². The SMILES string of the molecule is Cc1cnccc1C(c1ccc(Br)s1)N1CCCC(C(=O)O)C1. The molecule has 0 aliphatic carbocycles. The molecule has 2 atom stereocenters. The van der Waals surface area contributed by atoms with Gasteiger partial charge in [-0.15, -0.1) is 11.3 Å². The molecule has 3 rings (SSSR count). The van der Waals surface area contributed by atoms with Gasteiger partial charge in [0.15, 0.2) is 0 Å². The number of piperidine rings is 1. The number of hydrogen-bond donors (Lipinski definition) is 1. The van der Waals surface area contributed by atoms with Gasteiger partial charge in [-0.2, -0.15) is 0 Å². The first-order valence-corrected chi connectivity index (χ1v) is 9.30. The van der Waals surface area contributed by atoms with Gasteiger partial charge in [0.1, 0.15) is 0 Å². The van der Waals surface area contributed by atoms with Crippen LogP contribution < -0.4 is 0 Å². The lowest BCUT2D eigenvalue weighted by Crippen LogP contribution is -2.41. The monoisotopic (exact) mass is 394 g/mol. The second kappa shape index (κ2) is 7.11. The van der Waals surface area contributed by atoms with Gasteiger partial charge in [-0.3, -0.25) is 14.7 Å². The first-order valence-electron chi connectivity index (χ1n) is 7.69. The molecule has 0 aromatic carbocycles. The minimum atomic E-state index is -0.688. The van der Waals surface area contributed by atoms with Crippen LogP contribution in [0.1, 0.15) is 34.9 Å². The van der Waals surface area contributed by atoms with Crippen LogP contribution in [-0.2, 0) is 4.79 Å². The van der Waals surface area contributed by atoms with Crippen molar-refractivity contribution >= 4 is 33.2 Å². The van der Waals surface area contributed by atoms with Gasteiger partial charge in [0, 0.05) is 23.8 Å². The second-order valence-corrected chi connectivity index (χ2v) is 8.44. The third-order valence-corrected chi connectivity index (χ3v) is 6.07. The summed E-state index contributed by atoms with van der Waals surface area (Å²) in [6, 6.07) is 6.33. The molecule has 23 heavy (non-hydrogen) atoms. The van der Waals surface area contributed by atoms with E-state index in [0.717, 1.165) is 28.7 Å². The van der Waals surface area contributed by atoms with E-state index in [0.29, 0.717) is 6.54 Å². The quantitative estimate of drug-likeness (QED) is 0.847. The van der Waals surface area contributed by atoms with Gasteiger partial charge >= 0.3 is 5.97 Å². The molecular weight excluding hydrogens is 376 g/mol. The Balaban J connectivity index is 1.98. The molecule has 0 radical (unpaired) electrons. The maximum atomic E-state index is 11.4. The largest absolute Gasteiger partial charge is 0.481 e. The van der Waals surface area contributed by atoms with E-state index in [9.17, 15) is 9.90 Å². The lowest BCUT2D eigenvalue weighted by atomic mass is 9.93. The molecule has 2 aromatic rings. The number of likely N-dealkylation sites (tertiary alicyclic amines) is 1. The molecule has 0 spiro atoms. The van der Waals surface area contributed by atoms with Gasteiger partial charge in [0.2, 0.25) is 0 Å². The second-order valence-electron chi connectivity index (χ2n) is 5.95. The predicted molar refractivity (Wildman–Crippen MR) is 94.8 cm³/mol. The minimum absolute atomic E-state index is 0.0939. The van der Waals surface area contributed by atoms with Crippen LogP contribution in [0, 0.1) is 12.8 Å². The van der Waals surface area contributed by atoms with Crippen LogP contribution in [0.4, 0.5) is 0 Å². The van der Waals surface area contributed by atoms with Crippen LogP contribution in [0.5, 0.6) is 0 Å². The third kappa shape index (κ3) is 3.65. The maximum Gasteiger partial charge on any atom is 0.307 e. The zero-order valence-corrected chi connectivity index (χ0v) is 15.3. The number of halogens is 1. The molecule has 2 aromatic heterocycles. The summed E-state index contributed by atoms with van der Waals surface area (Å²) in [6.07, 6.45) is 5.38. The lowest BCUT2D eigenvalue weighted by molar-refractivity contribution is -0.143. The van der Waals surface area contributed by atoms with Crippen molar-refractivity contribution in [1.29, 1.82) is 0 Å². The maximum absolute atomic E-state index is 11.4. The molecule has 2 unspecified atom stereocenters. The number of aromatic nitrogens is 1. The van der Waals surface area contributed by atoms with Crippen LogP contribution in [0.25, 0.3) is 0 Å². The fraction of sp³-hybridized carbons (Fsp3) is 0.412. The Morgan fingerprint density at radius 3 is 2.96 bits per heavy atom. The number of carboxylic acid groups (broad SMARTS) is 1.